The monoisotopic (exact) mass is 243 g/mol. The summed E-state index contributed by atoms with van der Waals surface area (Å²) >= 11 is 0. The predicted octanol–water partition coefficient (Wildman–Crippen LogP) is 3.17. The third-order valence-electron chi connectivity index (χ3n) is 3.07. The standard InChI is InChI=1S/C12H23O3Si/c1-5-16(6-2,15-4)10-8-7-9-11(3)12(13)14/h9-10H,5-8H2,1-4H3,(H,13,14). The van der Waals surface area contributed by atoms with Gasteiger partial charge in [-0.05, 0) is 37.9 Å². The quantitative estimate of drug-likeness (QED) is 0.404. The molecule has 0 aromatic heterocycles. The summed E-state index contributed by atoms with van der Waals surface area (Å²) in [6.07, 6.45) is 3.47. The Bertz CT molecular complexity index is 236. The molecule has 4 heteroatoms. The minimum absolute atomic E-state index is 0.422. The highest BCUT2D eigenvalue weighted by atomic mass is 28.4. The van der Waals surface area contributed by atoms with Crippen LogP contribution in [0.25, 0.3) is 0 Å². The van der Waals surface area contributed by atoms with E-state index in [4.69, 9.17) is 9.53 Å². The van der Waals surface area contributed by atoms with Crippen molar-refractivity contribution in [3.05, 3.63) is 17.7 Å². The molecule has 1 N–H and O–H groups in total. The van der Waals surface area contributed by atoms with Crippen LogP contribution in [-0.2, 0) is 9.22 Å². The number of rotatable bonds is 8. The zero-order valence-electron chi connectivity index (χ0n) is 10.7. The third-order valence-corrected chi connectivity index (χ3v) is 7.31. The van der Waals surface area contributed by atoms with Crippen molar-refractivity contribution in [1.82, 2.24) is 0 Å². The first kappa shape index (κ1) is 15.4. The Kier molecular flexibility index (Phi) is 7.33. The van der Waals surface area contributed by atoms with E-state index in [1.165, 1.54) is 0 Å². The Morgan fingerprint density at radius 1 is 1.31 bits per heavy atom. The van der Waals surface area contributed by atoms with Crippen LogP contribution in [-0.4, -0.2) is 26.5 Å². The van der Waals surface area contributed by atoms with Gasteiger partial charge in [0.2, 0.25) is 0 Å². The molecule has 0 aliphatic heterocycles. The van der Waals surface area contributed by atoms with Crippen molar-refractivity contribution in [2.75, 3.05) is 7.11 Å². The maximum absolute atomic E-state index is 10.6. The number of carboxylic acid groups (broad SMARTS) is 1. The van der Waals surface area contributed by atoms with E-state index in [1.807, 2.05) is 0 Å². The normalized spacial score (nSPS) is 12.9. The first-order chi connectivity index (χ1) is 7.51. The smallest absolute Gasteiger partial charge is 0.330 e. The number of carbonyl (C=O) groups is 1. The molecule has 1 radical (unpaired) electrons. The second-order valence-corrected chi connectivity index (χ2v) is 8.31. The molecule has 0 atom stereocenters. The van der Waals surface area contributed by atoms with Crippen LogP contribution in [0.15, 0.2) is 11.6 Å². The van der Waals surface area contributed by atoms with E-state index in [0.29, 0.717) is 5.57 Å². The van der Waals surface area contributed by atoms with Gasteiger partial charge in [0.15, 0.2) is 8.32 Å². The molecule has 0 fully saturated rings. The number of allylic oxidation sites excluding steroid dienone is 1. The van der Waals surface area contributed by atoms with E-state index >= 15 is 0 Å². The van der Waals surface area contributed by atoms with E-state index in [-0.39, 0.29) is 0 Å². The molecular formula is C12H23O3Si. The maximum Gasteiger partial charge on any atom is 0.330 e. The highest BCUT2D eigenvalue weighted by Crippen LogP contribution is 2.21. The van der Waals surface area contributed by atoms with Crippen LogP contribution in [0.4, 0.5) is 0 Å². The molecule has 0 bridgehead atoms. The van der Waals surface area contributed by atoms with Gasteiger partial charge in [0.25, 0.3) is 0 Å². The van der Waals surface area contributed by atoms with Gasteiger partial charge in [0, 0.05) is 12.7 Å². The largest absolute Gasteiger partial charge is 0.478 e. The van der Waals surface area contributed by atoms with Crippen LogP contribution >= 0.6 is 0 Å². The fourth-order valence-electron chi connectivity index (χ4n) is 1.64. The van der Waals surface area contributed by atoms with Crippen LogP contribution in [0, 0.1) is 6.04 Å². The number of unbranched alkanes of at least 4 members (excludes halogenated alkanes) is 1. The van der Waals surface area contributed by atoms with Crippen molar-refractivity contribution >= 4 is 14.3 Å². The first-order valence-corrected chi connectivity index (χ1v) is 8.21. The fraction of sp³-hybridized carbons (Fsp3) is 0.667. The van der Waals surface area contributed by atoms with E-state index < -0.39 is 14.3 Å². The summed E-state index contributed by atoms with van der Waals surface area (Å²) in [6, 6.07) is 4.46. The van der Waals surface area contributed by atoms with Crippen molar-refractivity contribution < 1.29 is 14.3 Å². The van der Waals surface area contributed by atoms with Crippen LogP contribution in [0.3, 0.4) is 0 Å². The molecule has 0 heterocycles. The average molecular weight is 243 g/mol. The van der Waals surface area contributed by atoms with E-state index in [1.54, 1.807) is 20.1 Å². The zero-order valence-corrected chi connectivity index (χ0v) is 11.7. The summed E-state index contributed by atoms with van der Waals surface area (Å²) in [5.41, 5.74) is 0.422. The van der Waals surface area contributed by atoms with Crippen LogP contribution in [0.5, 0.6) is 0 Å². The van der Waals surface area contributed by atoms with Gasteiger partial charge in [-0.2, -0.15) is 0 Å². The lowest BCUT2D eigenvalue weighted by molar-refractivity contribution is -0.132. The van der Waals surface area contributed by atoms with Crippen molar-refractivity contribution in [2.45, 2.75) is 45.7 Å². The predicted molar refractivity (Wildman–Crippen MR) is 68.7 cm³/mol. The van der Waals surface area contributed by atoms with Gasteiger partial charge in [-0.3, -0.25) is 0 Å². The first-order valence-electron chi connectivity index (χ1n) is 5.81. The van der Waals surface area contributed by atoms with Crippen molar-refractivity contribution in [2.24, 2.45) is 0 Å². The molecule has 0 spiro atoms. The summed E-state index contributed by atoms with van der Waals surface area (Å²) in [7, 11) is 0.167. The molecular weight excluding hydrogens is 220 g/mol. The molecule has 0 saturated carbocycles. The van der Waals surface area contributed by atoms with Crippen molar-refractivity contribution in [3.63, 3.8) is 0 Å². The number of hydrogen-bond acceptors (Lipinski definition) is 2. The summed E-state index contributed by atoms with van der Waals surface area (Å²) in [6.45, 7) is 5.95. The number of carboxylic acids is 1. The molecule has 0 aromatic rings. The second kappa shape index (κ2) is 7.63. The van der Waals surface area contributed by atoms with E-state index in [9.17, 15) is 4.79 Å². The average Bonchev–Trinajstić information content (AvgIpc) is 2.30. The van der Waals surface area contributed by atoms with Crippen molar-refractivity contribution in [3.8, 4) is 0 Å². The summed E-state index contributed by atoms with van der Waals surface area (Å²) in [5.74, 6) is -0.832. The Balaban J connectivity index is 4.06. The SMILES string of the molecule is CC[Si]([CH]CCC=C(C)C(=O)O)(CC)OC. The lowest BCUT2D eigenvalue weighted by Gasteiger charge is -2.26. The molecule has 0 aliphatic rings. The Morgan fingerprint density at radius 3 is 2.25 bits per heavy atom. The van der Waals surface area contributed by atoms with Crippen LogP contribution in [0.2, 0.25) is 12.1 Å². The minimum Gasteiger partial charge on any atom is -0.478 e. The number of hydrogen-bond donors (Lipinski definition) is 1. The molecule has 0 amide bonds. The van der Waals surface area contributed by atoms with Gasteiger partial charge >= 0.3 is 5.97 Å². The van der Waals surface area contributed by atoms with Crippen molar-refractivity contribution in [1.29, 1.82) is 0 Å². The maximum atomic E-state index is 10.6. The molecule has 0 aromatic carbocycles. The molecule has 93 valence electrons. The Labute approximate surface area is 99.6 Å². The topological polar surface area (TPSA) is 46.5 Å². The fourth-order valence-corrected chi connectivity index (χ4v) is 4.16. The molecule has 0 unspecified atom stereocenters. The molecule has 3 nitrogen and oxygen atoms in total. The van der Waals surface area contributed by atoms with Gasteiger partial charge in [-0.15, -0.1) is 0 Å². The minimum atomic E-state index is -1.62. The molecule has 0 saturated heterocycles. The van der Waals surface area contributed by atoms with Gasteiger partial charge in [0.05, 0.1) is 0 Å². The van der Waals surface area contributed by atoms with Gasteiger partial charge in [-0.25, -0.2) is 4.79 Å². The lowest BCUT2D eigenvalue weighted by Crippen LogP contribution is -2.36. The van der Waals surface area contributed by atoms with Gasteiger partial charge < -0.3 is 9.53 Å². The Morgan fingerprint density at radius 2 is 1.88 bits per heavy atom. The van der Waals surface area contributed by atoms with Crippen LogP contribution in [0.1, 0.15) is 33.6 Å². The summed E-state index contributed by atoms with van der Waals surface area (Å²) in [5, 5.41) is 8.69. The Hall–Kier alpha value is -0.613. The second-order valence-electron chi connectivity index (χ2n) is 3.95. The van der Waals surface area contributed by atoms with Gasteiger partial charge in [0.1, 0.15) is 0 Å². The highest BCUT2D eigenvalue weighted by Gasteiger charge is 2.28. The molecule has 0 aliphatic carbocycles. The summed E-state index contributed by atoms with van der Waals surface area (Å²) in [4.78, 5) is 10.6. The zero-order chi connectivity index (χ0) is 12.6. The lowest BCUT2D eigenvalue weighted by atomic mass is 10.2. The molecule has 16 heavy (non-hydrogen) atoms. The van der Waals surface area contributed by atoms with E-state index in [0.717, 1.165) is 24.9 Å². The third kappa shape index (κ3) is 4.94. The van der Waals surface area contributed by atoms with E-state index in [2.05, 4.69) is 19.9 Å². The van der Waals surface area contributed by atoms with Crippen LogP contribution < -0.4 is 0 Å². The summed E-state index contributed by atoms with van der Waals surface area (Å²) < 4.78 is 5.64. The number of aliphatic carboxylic acids is 1. The molecule has 0 rings (SSSR count). The van der Waals surface area contributed by atoms with Gasteiger partial charge in [-0.1, -0.05) is 19.9 Å². The highest BCUT2D eigenvalue weighted by molar-refractivity contribution is 6.77.